The van der Waals surface area contributed by atoms with Gasteiger partial charge in [-0.3, -0.25) is 4.21 Å². The summed E-state index contributed by atoms with van der Waals surface area (Å²) < 4.78 is 38.4. The van der Waals surface area contributed by atoms with E-state index < -0.39 is 29.5 Å². The number of carbonyl (C=O) groups is 1. The van der Waals surface area contributed by atoms with Gasteiger partial charge in [0.2, 0.25) is 0 Å². The summed E-state index contributed by atoms with van der Waals surface area (Å²) in [6.45, 7) is -0.795. The van der Waals surface area contributed by atoms with Crippen molar-refractivity contribution in [2.24, 2.45) is 0 Å². The van der Waals surface area contributed by atoms with Crippen molar-refractivity contribution < 1.29 is 86.9 Å². The summed E-state index contributed by atoms with van der Waals surface area (Å²) in [7, 11) is 0. The summed E-state index contributed by atoms with van der Waals surface area (Å²) in [4.78, 5) is 9.76. The largest absolute Gasteiger partial charge is 1.00 e. The molecule has 0 saturated heterocycles. The maximum atomic E-state index is 13.0. The molecule has 1 atom stereocenters. The van der Waals surface area contributed by atoms with Crippen molar-refractivity contribution in [3.63, 3.8) is 0 Å². The zero-order valence-corrected chi connectivity index (χ0v) is 14.1. The van der Waals surface area contributed by atoms with Gasteiger partial charge in [-0.05, 0) is 29.3 Å². The van der Waals surface area contributed by atoms with E-state index in [1.807, 2.05) is 0 Å². The molecule has 1 aromatic rings. The maximum absolute atomic E-state index is 13.0. The van der Waals surface area contributed by atoms with Crippen LogP contribution in [-0.4, -0.2) is 21.3 Å². The Morgan fingerprint density at radius 3 is 2.41 bits per heavy atom. The van der Waals surface area contributed by atoms with Gasteiger partial charge in [0, 0.05) is 4.90 Å². The molecule has 5 nitrogen and oxygen atoms in total. The SMILES string of the molecule is O=C([O-])COc1ccc(S(=O)[O-])cc1F.[Na+].[Na+]. The Bertz CT molecular complexity index is 415. The average molecular weight is 278 g/mol. The Labute approximate surface area is 144 Å². The molecule has 0 saturated carbocycles. The third kappa shape index (κ3) is 6.88. The Hall–Kier alpha value is 0.530. The summed E-state index contributed by atoms with van der Waals surface area (Å²) in [5.41, 5.74) is 0. The van der Waals surface area contributed by atoms with Gasteiger partial charge >= 0.3 is 59.1 Å². The van der Waals surface area contributed by atoms with Crippen LogP contribution >= 0.6 is 0 Å². The number of aliphatic carboxylic acids is 1. The third-order valence-electron chi connectivity index (χ3n) is 1.44. The molecule has 0 bridgehead atoms. The van der Waals surface area contributed by atoms with Gasteiger partial charge in [-0.1, -0.05) is 0 Å². The molecule has 0 aromatic heterocycles. The van der Waals surface area contributed by atoms with E-state index in [1.54, 1.807) is 0 Å². The van der Waals surface area contributed by atoms with Crippen molar-refractivity contribution >= 4 is 17.0 Å². The normalized spacial score (nSPS) is 10.7. The minimum atomic E-state index is -2.53. The summed E-state index contributed by atoms with van der Waals surface area (Å²) in [6, 6.07) is 2.86. The second-order valence-electron chi connectivity index (χ2n) is 2.49. The molecule has 1 aromatic carbocycles. The monoisotopic (exact) mass is 278 g/mol. The number of benzene rings is 1. The number of carboxylic acids is 1. The van der Waals surface area contributed by atoms with Crippen molar-refractivity contribution in [1.29, 1.82) is 0 Å². The Morgan fingerprint density at radius 2 is 2.00 bits per heavy atom. The molecule has 0 aliphatic rings. The summed E-state index contributed by atoms with van der Waals surface area (Å²) >= 11 is -2.53. The maximum Gasteiger partial charge on any atom is 1.00 e. The standard InChI is InChI=1S/C8H7FO5S.2Na/c9-6-3-5(15(12)13)1-2-7(6)14-4-8(10)11;;/h1-3H,4H2,(H,10,11)(H,12,13);;/q;2*+1/p-2. The van der Waals surface area contributed by atoms with Crippen molar-refractivity contribution in [1.82, 2.24) is 0 Å². The molecule has 0 radical (unpaired) electrons. The summed E-state index contributed by atoms with van der Waals surface area (Å²) in [5.74, 6) is -2.78. The van der Waals surface area contributed by atoms with Crippen LogP contribution in [0.5, 0.6) is 5.75 Å². The summed E-state index contributed by atoms with van der Waals surface area (Å²) in [6.07, 6.45) is 0. The van der Waals surface area contributed by atoms with Gasteiger partial charge in [-0.2, -0.15) is 0 Å². The predicted octanol–water partition coefficient (Wildman–Crippen LogP) is -6.80. The number of carboxylic acid groups (broad SMARTS) is 1. The molecule has 82 valence electrons. The first-order valence-electron chi connectivity index (χ1n) is 3.72. The van der Waals surface area contributed by atoms with Crippen LogP contribution in [0.25, 0.3) is 0 Å². The van der Waals surface area contributed by atoms with E-state index in [2.05, 4.69) is 4.74 Å². The van der Waals surface area contributed by atoms with Gasteiger partial charge in [-0.25, -0.2) is 4.39 Å². The van der Waals surface area contributed by atoms with Gasteiger partial charge in [0.25, 0.3) is 0 Å². The fraction of sp³-hybridized carbons (Fsp3) is 0.125. The van der Waals surface area contributed by atoms with Crippen LogP contribution in [0.15, 0.2) is 23.1 Å². The van der Waals surface area contributed by atoms with Crippen LogP contribution < -0.4 is 69.0 Å². The topological polar surface area (TPSA) is 89.5 Å². The second-order valence-corrected chi connectivity index (χ2v) is 3.43. The molecule has 17 heavy (non-hydrogen) atoms. The molecule has 0 spiro atoms. The molecule has 1 rings (SSSR count). The van der Waals surface area contributed by atoms with Crippen LogP contribution in [0.2, 0.25) is 0 Å². The van der Waals surface area contributed by atoms with Crippen molar-refractivity contribution in [3.05, 3.63) is 24.0 Å². The molecule has 0 N–H and O–H groups in total. The van der Waals surface area contributed by atoms with Gasteiger partial charge in [0.1, 0.15) is 6.61 Å². The van der Waals surface area contributed by atoms with Crippen molar-refractivity contribution in [2.45, 2.75) is 4.90 Å². The van der Waals surface area contributed by atoms with Crippen molar-refractivity contribution in [2.75, 3.05) is 6.61 Å². The molecule has 0 fully saturated rings. The van der Waals surface area contributed by atoms with E-state index in [0.29, 0.717) is 0 Å². The minimum Gasteiger partial charge on any atom is -0.768 e. The minimum absolute atomic E-state index is 0. The fourth-order valence-corrected chi connectivity index (χ4v) is 1.22. The number of rotatable bonds is 4. The number of hydrogen-bond donors (Lipinski definition) is 0. The Balaban J connectivity index is 0. The fourth-order valence-electron chi connectivity index (χ4n) is 0.839. The van der Waals surface area contributed by atoms with E-state index in [1.165, 1.54) is 0 Å². The third-order valence-corrected chi connectivity index (χ3v) is 2.08. The van der Waals surface area contributed by atoms with Crippen molar-refractivity contribution in [3.8, 4) is 5.75 Å². The quantitative estimate of drug-likeness (QED) is 0.403. The molecule has 9 heteroatoms. The number of halogens is 1. The van der Waals surface area contributed by atoms with Crippen LogP contribution in [0.1, 0.15) is 0 Å². The summed E-state index contributed by atoms with van der Waals surface area (Å²) in [5, 5.41) is 10.0. The molecular weight excluding hydrogens is 273 g/mol. The first-order chi connectivity index (χ1) is 7.00. The van der Waals surface area contributed by atoms with E-state index in [0.717, 1.165) is 18.2 Å². The van der Waals surface area contributed by atoms with Gasteiger partial charge in [0.05, 0.1) is 5.97 Å². The molecule has 0 aliphatic heterocycles. The van der Waals surface area contributed by atoms with Crippen LogP contribution in [-0.2, 0) is 15.9 Å². The molecule has 1 unspecified atom stereocenters. The van der Waals surface area contributed by atoms with Gasteiger partial charge in [0.15, 0.2) is 11.6 Å². The number of carbonyl (C=O) groups excluding carboxylic acids is 1. The van der Waals surface area contributed by atoms with Crippen LogP contribution in [0, 0.1) is 5.82 Å². The first-order valence-corrected chi connectivity index (χ1v) is 4.79. The predicted molar refractivity (Wildman–Crippen MR) is 44.1 cm³/mol. The van der Waals surface area contributed by atoms with E-state index in [4.69, 9.17) is 0 Å². The number of ether oxygens (including phenoxy) is 1. The van der Waals surface area contributed by atoms with Crippen LogP contribution in [0.3, 0.4) is 0 Å². The first kappa shape index (κ1) is 19.9. The van der Waals surface area contributed by atoms with Gasteiger partial charge in [-0.15, -0.1) is 0 Å². The average Bonchev–Trinajstić information content (AvgIpc) is 2.15. The Kier molecular flexibility index (Phi) is 11.1. The molecule has 0 amide bonds. The zero-order valence-electron chi connectivity index (χ0n) is 9.27. The Morgan fingerprint density at radius 1 is 1.41 bits per heavy atom. The molecule has 0 heterocycles. The molecule has 0 aliphatic carbocycles. The molecular formula is C8H5FNa2O5S. The van der Waals surface area contributed by atoms with E-state index in [-0.39, 0.29) is 69.8 Å². The van der Waals surface area contributed by atoms with E-state index in [9.17, 15) is 23.1 Å². The second kappa shape index (κ2) is 9.46. The smallest absolute Gasteiger partial charge is 0.768 e. The van der Waals surface area contributed by atoms with Gasteiger partial charge < -0.3 is 19.2 Å². The number of hydrogen-bond acceptors (Lipinski definition) is 5. The zero-order chi connectivity index (χ0) is 11.4. The van der Waals surface area contributed by atoms with E-state index >= 15 is 0 Å². The van der Waals surface area contributed by atoms with Crippen LogP contribution in [0.4, 0.5) is 4.39 Å².